The Bertz CT molecular complexity index is 628. The zero-order chi connectivity index (χ0) is 11.5. The van der Waals surface area contributed by atoms with Gasteiger partial charge >= 0.3 is 0 Å². The van der Waals surface area contributed by atoms with Gasteiger partial charge in [0.2, 0.25) is 0 Å². The van der Waals surface area contributed by atoms with Crippen molar-refractivity contribution in [3.05, 3.63) is 52.3 Å². The van der Waals surface area contributed by atoms with Crippen molar-refractivity contribution in [3.63, 3.8) is 0 Å². The second kappa shape index (κ2) is 3.95. The normalized spacial score (nSPS) is 9.75. The minimum Gasteiger partial charge on any atom is -0.321 e. The molecule has 2 aromatic heterocycles. The van der Waals surface area contributed by atoms with Crippen molar-refractivity contribution >= 4 is 0 Å². The van der Waals surface area contributed by atoms with E-state index in [0.29, 0.717) is 11.3 Å². The highest BCUT2D eigenvalue weighted by atomic mass is 19.1. The zero-order valence-electron chi connectivity index (χ0n) is 8.07. The van der Waals surface area contributed by atoms with Crippen LogP contribution in [0.1, 0.15) is 5.56 Å². The van der Waals surface area contributed by atoms with E-state index in [1.165, 1.54) is 24.4 Å². The molecule has 0 saturated carbocycles. The van der Waals surface area contributed by atoms with E-state index in [-0.39, 0.29) is 5.56 Å². The van der Waals surface area contributed by atoms with Crippen molar-refractivity contribution in [1.82, 2.24) is 9.97 Å². The second-order valence-corrected chi connectivity index (χ2v) is 3.12. The molecule has 0 radical (unpaired) electrons. The SMILES string of the molecule is N#Cc1ccc(-c2cncc(F)c2)[nH]c1=O. The Kier molecular flexibility index (Phi) is 2.48. The lowest BCUT2D eigenvalue weighted by atomic mass is 10.1. The maximum Gasteiger partial charge on any atom is 0.266 e. The predicted molar refractivity (Wildman–Crippen MR) is 55.0 cm³/mol. The highest BCUT2D eigenvalue weighted by Crippen LogP contribution is 2.14. The maximum absolute atomic E-state index is 12.9. The Labute approximate surface area is 90.0 Å². The standard InChI is InChI=1S/C11H6FN3O/c12-9-3-8(5-14-6-9)10-2-1-7(4-13)11(16)15-10/h1-3,5-6H,(H,15,16). The molecule has 1 N–H and O–H groups in total. The largest absolute Gasteiger partial charge is 0.321 e. The average molecular weight is 215 g/mol. The van der Waals surface area contributed by atoms with Gasteiger partial charge in [0.05, 0.1) is 6.20 Å². The van der Waals surface area contributed by atoms with Gasteiger partial charge in [0, 0.05) is 17.5 Å². The maximum atomic E-state index is 12.9. The first-order chi connectivity index (χ1) is 7.70. The van der Waals surface area contributed by atoms with E-state index < -0.39 is 11.4 Å². The smallest absolute Gasteiger partial charge is 0.266 e. The molecule has 0 unspecified atom stereocenters. The van der Waals surface area contributed by atoms with E-state index in [9.17, 15) is 9.18 Å². The number of pyridine rings is 2. The number of aromatic amines is 1. The summed E-state index contributed by atoms with van der Waals surface area (Å²) in [5, 5.41) is 8.58. The number of H-pyrrole nitrogens is 1. The van der Waals surface area contributed by atoms with Crippen LogP contribution in [0.4, 0.5) is 4.39 Å². The van der Waals surface area contributed by atoms with Crippen LogP contribution in [0.3, 0.4) is 0 Å². The lowest BCUT2D eigenvalue weighted by Crippen LogP contribution is -2.10. The summed E-state index contributed by atoms with van der Waals surface area (Å²) in [6, 6.07) is 5.93. The summed E-state index contributed by atoms with van der Waals surface area (Å²) in [4.78, 5) is 17.5. The Balaban J connectivity index is 2.55. The molecule has 0 spiro atoms. The number of hydrogen-bond acceptors (Lipinski definition) is 3. The van der Waals surface area contributed by atoms with Gasteiger partial charge < -0.3 is 4.98 Å². The molecule has 2 rings (SSSR count). The zero-order valence-corrected chi connectivity index (χ0v) is 8.07. The minimum atomic E-state index is -0.496. The number of nitrogens with zero attached hydrogens (tertiary/aromatic N) is 2. The Hall–Kier alpha value is -2.48. The molecule has 4 nitrogen and oxygen atoms in total. The summed E-state index contributed by atoms with van der Waals surface area (Å²) in [5.74, 6) is -0.484. The number of rotatable bonds is 1. The molecule has 0 fully saturated rings. The topological polar surface area (TPSA) is 69.5 Å². The molecule has 0 amide bonds. The fourth-order valence-electron chi connectivity index (χ4n) is 1.29. The number of aromatic nitrogens is 2. The van der Waals surface area contributed by atoms with E-state index in [1.54, 1.807) is 6.07 Å². The summed E-state index contributed by atoms with van der Waals surface area (Å²) in [6.07, 6.45) is 2.51. The summed E-state index contributed by atoms with van der Waals surface area (Å²) < 4.78 is 12.9. The molecule has 0 aliphatic carbocycles. The van der Waals surface area contributed by atoms with Gasteiger partial charge in [-0.2, -0.15) is 5.26 Å². The fourth-order valence-corrected chi connectivity index (χ4v) is 1.29. The molecule has 2 aromatic rings. The van der Waals surface area contributed by atoms with E-state index in [0.717, 1.165) is 6.20 Å². The number of hydrogen-bond donors (Lipinski definition) is 1. The van der Waals surface area contributed by atoms with E-state index in [2.05, 4.69) is 9.97 Å². The van der Waals surface area contributed by atoms with Crippen LogP contribution in [0, 0.1) is 17.1 Å². The van der Waals surface area contributed by atoms with Gasteiger partial charge in [-0.15, -0.1) is 0 Å². The molecular formula is C11H6FN3O. The fraction of sp³-hybridized carbons (Fsp3) is 0. The van der Waals surface area contributed by atoms with Gasteiger partial charge in [0.15, 0.2) is 0 Å². The Morgan fingerprint density at radius 1 is 1.38 bits per heavy atom. The van der Waals surface area contributed by atoms with Gasteiger partial charge in [0.25, 0.3) is 5.56 Å². The first kappa shape index (κ1) is 10.1. The van der Waals surface area contributed by atoms with Crippen LogP contribution in [0.25, 0.3) is 11.3 Å². The molecule has 0 aliphatic heterocycles. The summed E-state index contributed by atoms with van der Waals surface area (Å²) in [7, 11) is 0. The van der Waals surface area contributed by atoms with Gasteiger partial charge in [0.1, 0.15) is 17.4 Å². The van der Waals surface area contributed by atoms with Crippen LogP contribution < -0.4 is 5.56 Å². The predicted octanol–water partition coefficient (Wildman–Crippen LogP) is 1.45. The lowest BCUT2D eigenvalue weighted by molar-refractivity contribution is 0.622. The van der Waals surface area contributed by atoms with Crippen LogP contribution in [-0.4, -0.2) is 9.97 Å². The highest BCUT2D eigenvalue weighted by molar-refractivity contribution is 5.58. The van der Waals surface area contributed by atoms with Crippen LogP contribution in [0.5, 0.6) is 0 Å². The molecule has 5 heteroatoms. The van der Waals surface area contributed by atoms with E-state index >= 15 is 0 Å². The number of nitriles is 1. The van der Waals surface area contributed by atoms with Gasteiger partial charge in [-0.25, -0.2) is 4.39 Å². The highest BCUT2D eigenvalue weighted by Gasteiger charge is 2.03. The van der Waals surface area contributed by atoms with Crippen LogP contribution >= 0.6 is 0 Å². The molecule has 0 bridgehead atoms. The molecule has 16 heavy (non-hydrogen) atoms. The van der Waals surface area contributed by atoms with Crippen molar-refractivity contribution < 1.29 is 4.39 Å². The lowest BCUT2D eigenvalue weighted by Gasteiger charge is -2.00. The molecular weight excluding hydrogens is 209 g/mol. The van der Waals surface area contributed by atoms with Crippen molar-refractivity contribution in [2.45, 2.75) is 0 Å². The summed E-state index contributed by atoms with van der Waals surface area (Å²) in [6.45, 7) is 0. The van der Waals surface area contributed by atoms with Crippen LogP contribution in [0.2, 0.25) is 0 Å². The van der Waals surface area contributed by atoms with Gasteiger partial charge in [-0.3, -0.25) is 9.78 Å². The quantitative estimate of drug-likeness (QED) is 0.782. The van der Waals surface area contributed by atoms with Crippen molar-refractivity contribution in [2.24, 2.45) is 0 Å². The van der Waals surface area contributed by atoms with Crippen molar-refractivity contribution in [3.8, 4) is 17.3 Å². The van der Waals surface area contributed by atoms with Gasteiger partial charge in [-0.05, 0) is 18.2 Å². The average Bonchev–Trinajstić information content (AvgIpc) is 2.29. The third-order valence-corrected chi connectivity index (χ3v) is 2.05. The molecule has 78 valence electrons. The molecule has 0 aromatic carbocycles. The monoisotopic (exact) mass is 215 g/mol. The molecule has 0 saturated heterocycles. The first-order valence-corrected chi connectivity index (χ1v) is 4.45. The summed E-state index contributed by atoms with van der Waals surface area (Å²) in [5.41, 5.74) is 0.412. The third kappa shape index (κ3) is 1.81. The van der Waals surface area contributed by atoms with Crippen LogP contribution in [-0.2, 0) is 0 Å². The van der Waals surface area contributed by atoms with Crippen LogP contribution in [0.15, 0.2) is 35.4 Å². The third-order valence-electron chi connectivity index (χ3n) is 2.05. The molecule has 0 atom stereocenters. The second-order valence-electron chi connectivity index (χ2n) is 3.12. The van der Waals surface area contributed by atoms with E-state index in [1.807, 2.05) is 0 Å². The Morgan fingerprint density at radius 2 is 2.19 bits per heavy atom. The molecule has 0 aliphatic rings. The van der Waals surface area contributed by atoms with Crippen molar-refractivity contribution in [2.75, 3.05) is 0 Å². The number of nitrogens with one attached hydrogen (secondary N) is 1. The van der Waals surface area contributed by atoms with E-state index in [4.69, 9.17) is 5.26 Å². The Morgan fingerprint density at radius 3 is 2.81 bits per heavy atom. The van der Waals surface area contributed by atoms with Crippen molar-refractivity contribution in [1.29, 1.82) is 5.26 Å². The molecule has 2 heterocycles. The first-order valence-electron chi connectivity index (χ1n) is 4.45. The number of halogens is 1. The van der Waals surface area contributed by atoms with Gasteiger partial charge in [-0.1, -0.05) is 0 Å². The minimum absolute atomic E-state index is 0.0214. The summed E-state index contributed by atoms with van der Waals surface area (Å²) >= 11 is 0.